The Morgan fingerprint density at radius 1 is 1.62 bits per heavy atom. The van der Waals surface area contributed by atoms with Crippen LogP contribution in [0.5, 0.6) is 0 Å². The fraction of sp³-hybridized carbons (Fsp3) is 0.727. The van der Waals surface area contributed by atoms with Crippen molar-refractivity contribution in [2.75, 3.05) is 19.6 Å². The molecule has 1 aromatic heterocycles. The fourth-order valence-corrected chi connectivity index (χ4v) is 2.87. The zero-order valence-corrected chi connectivity index (χ0v) is 11.5. The van der Waals surface area contributed by atoms with Crippen molar-refractivity contribution in [2.24, 2.45) is 0 Å². The first-order valence-corrected chi connectivity index (χ1v) is 6.49. The van der Waals surface area contributed by atoms with Crippen LogP contribution < -0.4 is 5.32 Å². The highest BCUT2D eigenvalue weighted by atomic mass is 35.5. The minimum Gasteiger partial charge on any atom is -0.312 e. The molecule has 2 heterocycles. The summed E-state index contributed by atoms with van der Waals surface area (Å²) in [5.41, 5.74) is 0. The predicted molar refractivity (Wildman–Crippen MR) is 71.5 cm³/mol. The van der Waals surface area contributed by atoms with Crippen molar-refractivity contribution in [1.82, 2.24) is 15.2 Å². The topological polar surface area (TPSA) is 28.2 Å². The molecule has 2 rings (SSSR count). The van der Waals surface area contributed by atoms with Crippen LogP contribution in [0, 0.1) is 0 Å². The van der Waals surface area contributed by atoms with Crippen molar-refractivity contribution in [1.29, 1.82) is 0 Å². The van der Waals surface area contributed by atoms with Gasteiger partial charge < -0.3 is 5.32 Å². The van der Waals surface area contributed by atoms with E-state index < -0.39 is 0 Å². The molecule has 1 atom stereocenters. The molecule has 0 unspecified atom stereocenters. The highest BCUT2D eigenvalue weighted by Crippen LogP contribution is 2.16. The number of hydrogen-bond donors (Lipinski definition) is 1. The summed E-state index contributed by atoms with van der Waals surface area (Å²) in [6.45, 7) is 8.90. The van der Waals surface area contributed by atoms with Gasteiger partial charge >= 0.3 is 0 Å². The van der Waals surface area contributed by atoms with Crippen molar-refractivity contribution >= 4 is 23.7 Å². The van der Waals surface area contributed by atoms with Gasteiger partial charge in [0, 0.05) is 43.3 Å². The summed E-state index contributed by atoms with van der Waals surface area (Å²) in [6, 6.07) is 0.623. The molecule has 1 aromatic rings. The van der Waals surface area contributed by atoms with Gasteiger partial charge in [0.25, 0.3) is 0 Å². The molecule has 0 radical (unpaired) electrons. The number of nitrogens with one attached hydrogen (secondary N) is 1. The third-order valence-corrected chi connectivity index (χ3v) is 3.86. The Hall–Kier alpha value is -0.160. The van der Waals surface area contributed by atoms with Crippen LogP contribution in [-0.2, 0) is 13.0 Å². The Balaban J connectivity index is 0.00000128. The number of thiazole rings is 1. The van der Waals surface area contributed by atoms with Crippen LogP contribution in [0.4, 0.5) is 0 Å². The lowest BCUT2D eigenvalue weighted by molar-refractivity contribution is 0.201. The molecule has 0 bridgehead atoms. The molecule has 0 spiro atoms. The Morgan fingerprint density at radius 3 is 3.06 bits per heavy atom. The molecular weight excluding hydrogens is 242 g/mol. The van der Waals surface area contributed by atoms with Crippen LogP contribution in [0.2, 0.25) is 0 Å². The molecule has 1 saturated heterocycles. The number of rotatable bonds is 3. The van der Waals surface area contributed by atoms with Crippen LogP contribution in [-0.4, -0.2) is 35.6 Å². The molecule has 0 aliphatic carbocycles. The fourth-order valence-electron chi connectivity index (χ4n) is 1.96. The molecule has 3 nitrogen and oxygen atoms in total. The third kappa shape index (κ3) is 3.70. The normalized spacial score (nSPS) is 21.8. The van der Waals surface area contributed by atoms with E-state index in [1.165, 1.54) is 9.88 Å². The van der Waals surface area contributed by atoms with Crippen LogP contribution in [0.1, 0.15) is 23.7 Å². The Labute approximate surface area is 108 Å². The van der Waals surface area contributed by atoms with Crippen LogP contribution in [0.25, 0.3) is 0 Å². The minimum absolute atomic E-state index is 0. The largest absolute Gasteiger partial charge is 0.312 e. The molecule has 1 fully saturated rings. The highest BCUT2D eigenvalue weighted by Gasteiger charge is 2.16. The zero-order valence-electron chi connectivity index (χ0n) is 9.90. The van der Waals surface area contributed by atoms with E-state index in [1.807, 2.05) is 17.5 Å². The lowest BCUT2D eigenvalue weighted by atomic mass is 10.2. The maximum Gasteiger partial charge on any atom is 0.0925 e. The molecular formula is C11H20ClN3S. The van der Waals surface area contributed by atoms with Gasteiger partial charge in [-0.1, -0.05) is 6.92 Å². The van der Waals surface area contributed by atoms with Gasteiger partial charge in [-0.2, -0.15) is 0 Å². The van der Waals surface area contributed by atoms with E-state index in [0.717, 1.165) is 32.6 Å². The van der Waals surface area contributed by atoms with Gasteiger partial charge in [-0.05, 0) is 13.3 Å². The number of piperazine rings is 1. The average molecular weight is 262 g/mol. The summed E-state index contributed by atoms with van der Waals surface area (Å²) in [5.74, 6) is 0. The van der Waals surface area contributed by atoms with Gasteiger partial charge in [-0.15, -0.1) is 23.7 Å². The summed E-state index contributed by atoms with van der Waals surface area (Å²) < 4.78 is 0. The van der Waals surface area contributed by atoms with Gasteiger partial charge in [0.2, 0.25) is 0 Å². The monoisotopic (exact) mass is 261 g/mol. The van der Waals surface area contributed by atoms with Gasteiger partial charge in [-0.3, -0.25) is 4.90 Å². The van der Waals surface area contributed by atoms with E-state index in [2.05, 4.69) is 29.0 Å². The summed E-state index contributed by atoms with van der Waals surface area (Å²) in [6.07, 6.45) is 3.10. The standard InChI is InChI=1S/C11H19N3S.ClH/c1-3-11-13-6-10(15-11)8-14-5-4-12-9(2)7-14;/h6,9,12H,3-5,7-8H2,1-2H3;1H/t9-;/m0./s1. The first-order chi connectivity index (χ1) is 7.28. The maximum atomic E-state index is 4.40. The van der Waals surface area contributed by atoms with E-state index in [4.69, 9.17) is 0 Å². The smallest absolute Gasteiger partial charge is 0.0925 e. The number of nitrogens with zero attached hydrogens (tertiary/aromatic N) is 2. The maximum absolute atomic E-state index is 4.40. The first-order valence-electron chi connectivity index (χ1n) is 5.67. The molecule has 1 aliphatic rings. The molecule has 5 heteroatoms. The summed E-state index contributed by atoms with van der Waals surface area (Å²) in [7, 11) is 0. The number of aryl methyl sites for hydroxylation is 1. The summed E-state index contributed by atoms with van der Waals surface area (Å²) in [5, 5.41) is 4.72. The number of hydrogen-bond acceptors (Lipinski definition) is 4. The summed E-state index contributed by atoms with van der Waals surface area (Å²) >= 11 is 1.85. The number of halogens is 1. The molecule has 16 heavy (non-hydrogen) atoms. The van der Waals surface area contributed by atoms with Gasteiger partial charge in [0.15, 0.2) is 0 Å². The zero-order chi connectivity index (χ0) is 10.7. The molecule has 0 amide bonds. The minimum atomic E-state index is 0. The first kappa shape index (κ1) is 13.9. The summed E-state index contributed by atoms with van der Waals surface area (Å²) in [4.78, 5) is 8.31. The van der Waals surface area contributed by atoms with E-state index in [1.54, 1.807) is 0 Å². The second-order valence-electron chi connectivity index (χ2n) is 4.16. The van der Waals surface area contributed by atoms with Crippen LogP contribution >= 0.6 is 23.7 Å². The predicted octanol–water partition coefficient (Wildman–Crippen LogP) is 1.92. The van der Waals surface area contributed by atoms with Gasteiger partial charge in [0.1, 0.15) is 0 Å². The van der Waals surface area contributed by atoms with Crippen LogP contribution in [0.3, 0.4) is 0 Å². The van der Waals surface area contributed by atoms with Gasteiger partial charge in [0.05, 0.1) is 5.01 Å². The number of aromatic nitrogens is 1. The molecule has 1 N–H and O–H groups in total. The van der Waals surface area contributed by atoms with E-state index in [0.29, 0.717) is 6.04 Å². The van der Waals surface area contributed by atoms with Crippen molar-refractivity contribution in [2.45, 2.75) is 32.9 Å². The quantitative estimate of drug-likeness (QED) is 0.901. The lowest BCUT2D eigenvalue weighted by Gasteiger charge is -2.31. The van der Waals surface area contributed by atoms with E-state index in [9.17, 15) is 0 Å². The molecule has 0 aromatic carbocycles. The Kier molecular flexibility index (Phi) is 5.69. The van der Waals surface area contributed by atoms with Gasteiger partial charge in [-0.25, -0.2) is 4.98 Å². The highest BCUT2D eigenvalue weighted by molar-refractivity contribution is 7.11. The SMILES string of the molecule is CCc1ncc(CN2CCN[C@@H](C)C2)s1.Cl. The molecule has 92 valence electrons. The lowest BCUT2D eigenvalue weighted by Crippen LogP contribution is -2.48. The average Bonchev–Trinajstić information content (AvgIpc) is 2.65. The second-order valence-corrected chi connectivity index (χ2v) is 5.36. The van der Waals surface area contributed by atoms with E-state index in [-0.39, 0.29) is 12.4 Å². The Bertz CT molecular complexity index is 316. The van der Waals surface area contributed by atoms with E-state index >= 15 is 0 Å². The second kappa shape index (κ2) is 6.55. The van der Waals surface area contributed by atoms with Crippen molar-refractivity contribution in [3.63, 3.8) is 0 Å². The van der Waals surface area contributed by atoms with Crippen LogP contribution in [0.15, 0.2) is 6.20 Å². The molecule has 0 saturated carbocycles. The van der Waals surface area contributed by atoms with Crippen molar-refractivity contribution in [3.8, 4) is 0 Å². The van der Waals surface area contributed by atoms with Crippen molar-refractivity contribution < 1.29 is 0 Å². The molecule has 1 aliphatic heterocycles. The third-order valence-electron chi connectivity index (χ3n) is 2.74. The Morgan fingerprint density at radius 2 is 2.44 bits per heavy atom. The van der Waals surface area contributed by atoms with Crippen molar-refractivity contribution in [3.05, 3.63) is 16.1 Å².